The first-order chi connectivity index (χ1) is 13.5. The van der Waals surface area contributed by atoms with Crippen molar-refractivity contribution in [2.45, 2.75) is 35.0 Å². The summed E-state index contributed by atoms with van der Waals surface area (Å²) in [6.07, 6.45) is -0.259. The summed E-state index contributed by atoms with van der Waals surface area (Å²) in [7, 11) is 1.42. The van der Waals surface area contributed by atoms with Crippen LogP contribution in [-0.4, -0.2) is 35.6 Å². The number of carbonyl (C=O) groups is 2. The van der Waals surface area contributed by atoms with E-state index in [1.165, 1.54) is 24.1 Å². The lowest BCUT2D eigenvalue weighted by Crippen LogP contribution is -2.37. The average Bonchev–Trinajstić information content (AvgIpc) is 3.16. The zero-order valence-corrected chi connectivity index (χ0v) is 17.5. The average molecular weight is 466 g/mol. The van der Waals surface area contributed by atoms with Crippen molar-refractivity contribution in [2.75, 3.05) is 12.0 Å². The number of alkyl halides is 3. The number of carboxylic acids is 1. The van der Waals surface area contributed by atoms with E-state index >= 15 is 0 Å². The third-order valence-electron chi connectivity index (χ3n) is 4.58. The summed E-state index contributed by atoms with van der Waals surface area (Å²) in [5.74, 6) is -1.80. The molecule has 0 fully saturated rings. The Hall–Kier alpha value is -1.91. The zero-order chi connectivity index (χ0) is 21.5. The second-order valence-corrected chi connectivity index (χ2v) is 9.13. The lowest BCUT2D eigenvalue weighted by atomic mass is 9.92. The minimum Gasteiger partial charge on any atom is -0.495 e. The number of halogens is 4. The summed E-state index contributed by atoms with van der Waals surface area (Å²) in [6.45, 7) is 1.69. The molecule has 1 aliphatic heterocycles. The van der Waals surface area contributed by atoms with Crippen LogP contribution < -0.4 is 9.64 Å². The SMILES string of the molecule is COc1ccc2c(c1Cl)C(CC(=O)O)C(C)N2C(=O)c1ccc(SC(F)(F)F)s1. The fourth-order valence-corrected chi connectivity index (χ4v) is 5.54. The van der Waals surface area contributed by atoms with Crippen LogP contribution in [0.15, 0.2) is 28.5 Å². The Bertz CT molecular complexity index is 963. The fourth-order valence-electron chi connectivity index (χ4n) is 3.40. The molecule has 0 radical (unpaired) electrons. The molecule has 2 aromatic rings. The van der Waals surface area contributed by atoms with E-state index in [1.54, 1.807) is 19.1 Å². The minimum atomic E-state index is -4.45. The second-order valence-electron chi connectivity index (χ2n) is 6.30. The van der Waals surface area contributed by atoms with E-state index in [0.29, 0.717) is 17.0 Å². The predicted octanol–water partition coefficient (Wildman–Crippen LogP) is 5.63. The molecule has 0 aliphatic carbocycles. The first kappa shape index (κ1) is 21.8. The number of hydrogen-bond donors (Lipinski definition) is 1. The molecule has 2 unspecified atom stereocenters. The van der Waals surface area contributed by atoms with Crippen molar-refractivity contribution in [3.05, 3.63) is 39.7 Å². The Morgan fingerprint density at radius 1 is 1.31 bits per heavy atom. The van der Waals surface area contributed by atoms with Crippen LogP contribution in [-0.2, 0) is 4.79 Å². The van der Waals surface area contributed by atoms with Gasteiger partial charge in [0.05, 0.1) is 27.6 Å². The molecule has 0 spiro atoms. The number of carboxylic acid groups (broad SMARTS) is 1. The van der Waals surface area contributed by atoms with Gasteiger partial charge >= 0.3 is 11.5 Å². The Balaban J connectivity index is 2.01. The summed E-state index contributed by atoms with van der Waals surface area (Å²) < 4.78 is 42.9. The smallest absolute Gasteiger partial charge is 0.447 e. The van der Waals surface area contributed by atoms with Crippen molar-refractivity contribution in [2.24, 2.45) is 0 Å². The number of ether oxygens (including phenoxy) is 1. The van der Waals surface area contributed by atoms with Gasteiger partial charge in [-0.3, -0.25) is 9.59 Å². The van der Waals surface area contributed by atoms with Gasteiger partial charge in [0.2, 0.25) is 0 Å². The molecule has 3 rings (SSSR count). The van der Waals surface area contributed by atoms with E-state index in [4.69, 9.17) is 16.3 Å². The zero-order valence-electron chi connectivity index (χ0n) is 15.1. The maximum atomic E-state index is 13.1. The maximum absolute atomic E-state index is 13.1. The molecule has 0 saturated carbocycles. The topological polar surface area (TPSA) is 66.8 Å². The van der Waals surface area contributed by atoms with Crippen LogP contribution in [0.2, 0.25) is 5.02 Å². The second kappa shape index (κ2) is 8.08. The summed E-state index contributed by atoms with van der Waals surface area (Å²) in [5.41, 5.74) is -3.54. The Morgan fingerprint density at radius 3 is 2.59 bits per heavy atom. The number of nitrogens with zero attached hydrogens (tertiary/aromatic N) is 1. The first-order valence-corrected chi connectivity index (χ1v) is 10.3. The van der Waals surface area contributed by atoms with Gasteiger partial charge in [0.25, 0.3) is 5.91 Å². The molecule has 1 aliphatic rings. The first-order valence-electron chi connectivity index (χ1n) is 8.30. The van der Waals surface area contributed by atoms with Crippen molar-refractivity contribution in [1.29, 1.82) is 0 Å². The quantitative estimate of drug-likeness (QED) is 0.580. The van der Waals surface area contributed by atoms with E-state index in [9.17, 15) is 27.9 Å². The van der Waals surface area contributed by atoms with Gasteiger partial charge in [0.15, 0.2) is 0 Å². The van der Waals surface area contributed by atoms with Crippen LogP contribution in [0.5, 0.6) is 5.75 Å². The largest absolute Gasteiger partial charge is 0.495 e. The molecule has 0 saturated heterocycles. The van der Waals surface area contributed by atoms with Crippen molar-refractivity contribution < 1.29 is 32.6 Å². The lowest BCUT2D eigenvalue weighted by Gasteiger charge is -2.24. The number of rotatable bonds is 5. The highest BCUT2D eigenvalue weighted by molar-refractivity contribution is 8.02. The molecule has 1 amide bonds. The Morgan fingerprint density at radius 2 is 2.00 bits per heavy atom. The van der Waals surface area contributed by atoms with Crippen molar-refractivity contribution in [3.63, 3.8) is 0 Å². The molecule has 1 N–H and O–H groups in total. The molecule has 156 valence electrons. The number of amides is 1. The van der Waals surface area contributed by atoms with Crippen LogP contribution in [0.1, 0.15) is 34.5 Å². The number of methoxy groups -OCH3 is 1. The van der Waals surface area contributed by atoms with E-state index in [1.807, 2.05) is 0 Å². The van der Waals surface area contributed by atoms with E-state index in [0.717, 1.165) is 11.3 Å². The van der Waals surface area contributed by atoms with E-state index < -0.39 is 29.3 Å². The minimum absolute atomic E-state index is 0.0530. The molecule has 11 heteroatoms. The maximum Gasteiger partial charge on any atom is 0.447 e. The summed E-state index contributed by atoms with van der Waals surface area (Å²) in [5, 5.41) is 9.52. The van der Waals surface area contributed by atoms with Crippen LogP contribution in [0, 0.1) is 0 Å². The highest BCUT2D eigenvalue weighted by atomic mass is 35.5. The van der Waals surface area contributed by atoms with Crippen LogP contribution in [0.4, 0.5) is 18.9 Å². The van der Waals surface area contributed by atoms with Crippen molar-refractivity contribution in [1.82, 2.24) is 0 Å². The molecule has 5 nitrogen and oxygen atoms in total. The van der Waals surface area contributed by atoms with Gasteiger partial charge < -0.3 is 14.7 Å². The predicted molar refractivity (Wildman–Crippen MR) is 106 cm³/mol. The van der Waals surface area contributed by atoms with Crippen LogP contribution in [0.25, 0.3) is 0 Å². The molecule has 1 aromatic carbocycles. The van der Waals surface area contributed by atoms with Crippen LogP contribution >= 0.6 is 34.7 Å². The number of aliphatic carboxylic acids is 1. The Labute approximate surface area is 177 Å². The fraction of sp³-hybridized carbons (Fsp3) is 0.333. The molecular formula is C18H15ClF3NO4S2. The number of carbonyl (C=O) groups excluding carboxylic acids is 1. The highest BCUT2D eigenvalue weighted by Gasteiger charge is 2.43. The lowest BCUT2D eigenvalue weighted by molar-refractivity contribution is -0.137. The molecule has 0 bridgehead atoms. The monoisotopic (exact) mass is 465 g/mol. The Kier molecular flexibility index (Phi) is 6.07. The molecule has 2 heterocycles. The molecule has 29 heavy (non-hydrogen) atoms. The summed E-state index contributed by atoms with van der Waals surface area (Å²) in [6, 6.07) is 5.20. The van der Waals surface area contributed by atoms with Crippen LogP contribution in [0.3, 0.4) is 0 Å². The number of hydrogen-bond acceptors (Lipinski definition) is 5. The van der Waals surface area contributed by atoms with Gasteiger partial charge in [-0.1, -0.05) is 11.6 Å². The number of thioether (sulfide) groups is 1. The standard InChI is InChI=1S/C18H15ClF3NO4S2/c1-8-9(7-13(24)25)15-10(3-4-11(27-2)16(15)19)23(8)17(26)12-5-6-14(28-12)29-18(20,21)22/h3-6,8-9H,7H2,1-2H3,(H,24,25). The highest BCUT2D eigenvalue weighted by Crippen LogP contribution is 2.50. The summed E-state index contributed by atoms with van der Waals surface area (Å²) >= 11 is 6.86. The summed E-state index contributed by atoms with van der Waals surface area (Å²) in [4.78, 5) is 26.0. The molecule has 2 atom stereocenters. The van der Waals surface area contributed by atoms with Gasteiger partial charge in [0, 0.05) is 23.2 Å². The van der Waals surface area contributed by atoms with Gasteiger partial charge in [-0.05, 0) is 43.0 Å². The van der Waals surface area contributed by atoms with Gasteiger partial charge in [-0.2, -0.15) is 13.2 Å². The van der Waals surface area contributed by atoms with E-state index in [-0.39, 0.29) is 32.3 Å². The molecule has 1 aromatic heterocycles. The third kappa shape index (κ3) is 4.34. The van der Waals surface area contributed by atoms with E-state index in [2.05, 4.69) is 0 Å². The van der Waals surface area contributed by atoms with Gasteiger partial charge in [-0.15, -0.1) is 11.3 Å². The third-order valence-corrected chi connectivity index (χ3v) is 6.91. The number of thiophene rings is 1. The van der Waals surface area contributed by atoms with Crippen molar-refractivity contribution in [3.8, 4) is 5.75 Å². The normalized spacial score (nSPS) is 18.6. The van der Waals surface area contributed by atoms with Crippen molar-refractivity contribution >= 4 is 52.3 Å². The van der Waals surface area contributed by atoms with Gasteiger partial charge in [-0.25, -0.2) is 0 Å². The number of anilines is 1. The molecular weight excluding hydrogens is 451 g/mol. The number of benzene rings is 1. The number of fused-ring (bicyclic) bond motifs is 1. The van der Waals surface area contributed by atoms with Gasteiger partial charge in [0.1, 0.15) is 5.75 Å².